The fraction of sp³-hybridized carbons (Fsp3) is 0.0500. The summed E-state index contributed by atoms with van der Waals surface area (Å²) < 4.78 is 5.22. The van der Waals surface area contributed by atoms with Crippen LogP contribution in [0.2, 0.25) is 0 Å². The van der Waals surface area contributed by atoms with E-state index in [2.05, 4.69) is 20.6 Å². The maximum Gasteiger partial charge on any atom is 0.289 e. The van der Waals surface area contributed by atoms with Crippen LogP contribution in [0.25, 0.3) is 10.9 Å². The summed E-state index contributed by atoms with van der Waals surface area (Å²) in [7, 11) is 0. The standard InChI is InChI=1S/C20H16N4O2/c25-20(21-13-15-9-6-12-26-15)19-23-17-11-5-4-10-16(17)18(24-19)22-14-7-2-1-3-8-14/h1-12H,13H2,(H,21,25)(H,22,23,24). The number of para-hydroxylation sites is 2. The van der Waals surface area contributed by atoms with Gasteiger partial charge in [0, 0.05) is 11.1 Å². The topological polar surface area (TPSA) is 80.0 Å². The van der Waals surface area contributed by atoms with Crippen molar-refractivity contribution in [1.82, 2.24) is 15.3 Å². The number of nitrogens with one attached hydrogen (secondary N) is 2. The Morgan fingerprint density at radius 3 is 2.54 bits per heavy atom. The van der Waals surface area contributed by atoms with Crippen molar-refractivity contribution < 1.29 is 9.21 Å². The quantitative estimate of drug-likeness (QED) is 0.574. The van der Waals surface area contributed by atoms with Crippen molar-refractivity contribution in [3.63, 3.8) is 0 Å². The van der Waals surface area contributed by atoms with Gasteiger partial charge in [-0.05, 0) is 36.4 Å². The van der Waals surface area contributed by atoms with Gasteiger partial charge in [0.15, 0.2) is 0 Å². The third kappa shape index (κ3) is 3.39. The van der Waals surface area contributed by atoms with Crippen molar-refractivity contribution in [2.45, 2.75) is 6.54 Å². The Hall–Kier alpha value is -3.67. The predicted molar refractivity (Wildman–Crippen MR) is 99.1 cm³/mol. The Labute approximate surface area is 149 Å². The maximum atomic E-state index is 12.5. The Balaban J connectivity index is 1.65. The number of nitrogens with zero attached hydrogens (tertiary/aromatic N) is 2. The summed E-state index contributed by atoms with van der Waals surface area (Å²) in [5.74, 6) is 1.00. The summed E-state index contributed by atoms with van der Waals surface area (Å²) in [6, 6.07) is 20.8. The molecule has 6 nitrogen and oxygen atoms in total. The summed E-state index contributed by atoms with van der Waals surface area (Å²) in [6.45, 7) is 0.281. The molecule has 0 spiro atoms. The third-order valence-electron chi connectivity index (χ3n) is 3.85. The molecule has 1 amide bonds. The second kappa shape index (κ2) is 7.06. The van der Waals surface area contributed by atoms with E-state index in [-0.39, 0.29) is 18.3 Å². The highest BCUT2D eigenvalue weighted by atomic mass is 16.3. The highest BCUT2D eigenvalue weighted by Crippen LogP contribution is 2.23. The van der Waals surface area contributed by atoms with E-state index in [1.165, 1.54) is 0 Å². The SMILES string of the molecule is O=C(NCc1ccco1)c1nc(Nc2ccccc2)c2ccccc2n1. The van der Waals surface area contributed by atoms with Crippen LogP contribution in [-0.4, -0.2) is 15.9 Å². The van der Waals surface area contributed by atoms with Gasteiger partial charge >= 0.3 is 0 Å². The van der Waals surface area contributed by atoms with Gasteiger partial charge in [-0.15, -0.1) is 0 Å². The average molecular weight is 344 g/mol. The molecular formula is C20H16N4O2. The first-order chi connectivity index (χ1) is 12.8. The smallest absolute Gasteiger partial charge is 0.289 e. The molecule has 4 rings (SSSR count). The van der Waals surface area contributed by atoms with E-state index in [1.807, 2.05) is 54.6 Å². The molecule has 0 aliphatic rings. The van der Waals surface area contributed by atoms with Crippen LogP contribution in [0.5, 0.6) is 0 Å². The van der Waals surface area contributed by atoms with E-state index in [0.29, 0.717) is 17.1 Å². The Morgan fingerprint density at radius 2 is 1.73 bits per heavy atom. The van der Waals surface area contributed by atoms with Crippen molar-refractivity contribution in [2.75, 3.05) is 5.32 Å². The van der Waals surface area contributed by atoms with Crippen molar-refractivity contribution >= 4 is 28.3 Å². The number of carbonyl (C=O) groups is 1. The monoisotopic (exact) mass is 344 g/mol. The third-order valence-corrected chi connectivity index (χ3v) is 3.85. The summed E-state index contributed by atoms with van der Waals surface area (Å²) in [6.07, 6.45) is 1.57. The normalized spacial score (nSPS) is 10.6. The van der Waals surface area contributed by atoms with Crippen molar-refractivity contribution in [2.24, 2.45) is 0 Å². The fourth-order valence-electron chi connectivity index (χ4n) is 2.59. The van der Waals surface area contributed by atoms with Crippen LogP contribution in [0, 0.1) is 0 Å². The van der Waals surface area contributed by atoms with Gasteiger partial charge in [0.1, 0.15) is 11.6 Å². The first kappa shape index (κ1) is 15.8. The van der Waals surface area contributed by atoms with Gasteiger partial charge in [0.05, 0.1) is 18.3 Å². The number of aromatic nitrogens is 2. The highest BCUT2D eigenvalue weighted by Gasteiger charge is 2.14. The molecule has 0 atom stereocenters. The number of rotatable bonds is 5. The molecule has 0 saturated carbocycles. The lowest BCUT2D eigenvalue weighted by Crippen LogP contribution is -2.25. The number of hydrogen-bond donors (Lipinski definition) is 2. The summed E-state index contributed by atoms with van der Waals surface area (Å²) >= 11 is 0. The molecule has 0 bridgehead atoms. The molecular weight excluding hydrogens is 328 g/mol. The van der Waals surface area contributed by atoms with Crippen LogP contribution in [0.15, 0.2) is 77.4 Å². The van der Waals surface area contributed by atoms with Gasteiger partial charge in [-0.1, -0.05) is 30.3 Å². The minimum Gasteiger partial charge on any atom is -0.467 e. The number of anilines is 2. The second-order valence-electron chi connectivity index (χ2n) is 5.67. The molecule has 2 N–H and O–H groups in total. The van der Waals surface area contributed by atoms with E-state index < -0.39 is 0 Å². The van der Waals surface area contributed by atoms with Gasteiger partial charge in [-0.25, -0.2) is 9.97 Å². The number of furan rings is 1. The molecule has 4 aromatic rings. The minimum atomic E-state index is -0.358. The molecule has 2 heterocycles. The van der Waals surface area contributed by atoms with E-state index in [1.54, 1.807) is 18.4 Å². The van der Waals surface area contributed by atoms with E-state index in [0.717, 1.165) is 11.1 Å². The van der Waals surface area contributed by atoms with Gasteiger partial charge in [-0.2, -0.15) is 0 Å². The molecule has 6 heteroatoms. The first-order valence-electron chi connectivity index (χ1n) is 8.19. The molecule has 0 radical (unpaired) electrons. The van der Waals surface area contributed by atoms with Crippen LogP contribution in [0.3, 0.4) is 0 Å². The Bertz CT molecular complexity index is 1030. The van der Waals surface area contributed by atoms with E-state index in [4.69, 9.17) is 4.42 Å². The van der Waals surface area contributed by atoms with Crippen LogP contribution >= 0.6 is 0 Å². The van der Waals surface area contributed by atoms with Crippen LogP contribution < -0.4 is 10.6 Å². The summed E-state index contributed by atoms with van der Waals surface area (Å²) in [5, 5.41) is 6.88. The molecule has 0 unspecified atom stereocenters. The van der Waals surface area contributed by atoms with Crippen molar-refractivity contribution in [3.05, 3.63) is 84.6 Å². The molecule has 2 aromatic carbocycles. The molecule has 128 valence electrons. The maximum absolute atomic E-state index is 12.5. The number of carbonyl (C=O) groups excluding carboxylic acids is 1. The number of fused-ring (bicyclic) bond motifs is 1. The van der Waals surface area contributed by atoms with Gasteiger partial charge in [0.2, 0.25) is 5.82 Å². The molecule has 0 aliphatic heterocycles. The largest absolute Gasteiger partial charge is 0.467 e. The second-order valence-corrected chi connectivity index (χ2v) is 5.67. The number of hydrogen-bond acceptors (Lipinski definition) is 5. The van der Waals surface area contributed by atoms with Gasteiger partial charge in [-0.3, -0.25) is 4.79 Å². The zero-order chi connectivity index (χ0) is 17.8. The minimum absolute atomic E-state index is 0.105. The van der Waals surface area contributed by atoms with E-state index in [9.17, 15) is 4.79 Å². The predicted octanol–water partition coefficient (Wildman–Crippen LogP) is 3.90. The lowest BCUT2D eigenvalue weighted by Gasteiger charge is -2.11. The van der Waals surface area contributed by atoms with Crippen molar-refractivity contribution in [3.8, 4) is 0 Å². The summed E-state index contributed by atoms with van der Waals surface area (Å²) in [5.41, 5.74) is 1.59. The zero-order valence-corrected chi connectivity index (χ0v) is 13.8. The van der Waals surface area contributed by atoms with Crippen molar-refractivity contribution in [1.29, 1.82) is 0 Å². The van der Waals surface area contributed by atoms with E-state index >= 15 is 0 Å². The summed E-state index contributed by atoms with van der Waals surface area (Å²) in [4.78, 5) is 21.3. The number of amides is 1. The lowest BCUT2D eigenvalue weighted by molar-refractivity contribution is 0.0938. The first-order valence-corrected chi connectivity index (χ1v) is 8.19. The van der Waals surface area contributed by atoms with Gasteiger partial charge in [0.25, 0.3) is 5.91 Å². The highest BCUT2D eigenvalue weighted by molar-refractivity contribution is 5.97. The average Bonchev–Trinajstić information content (AvgIpc) is 3.20. The molecule has 0 saturated heterocycles. The van der Waals surface area contributed by atoms with Crippen LogP contribution in [0.1, 0.15) is 16.4 Å². The Kier molecular flexibility index (Phi) is 4.30. The van der Waals surface area contributed by atoms with Gasteiger partial charge < -0.3 is 15.1 Å². The molecule has 0 fully saturated rings. The molecule has 26 heavy (non-hydrogen) atoms. The van der Waals surface area contributed by atoms with Crippen LogP contribution in [0.4, 0.5) is 11.5 Å². The van der Waals surface area contributed by atoms with Crippen LogP contribution in [-0.2, 0) is 6.54 Å². The lowest BCUT2D eigenvalue weighted by atomic mass is 10.2. The Morgan fingerprint density at radius 1 is 0.923 bits per heavy atom. The molecule has 2 aromatic heterocycles. The molecule has 0 aliphatic carbocycles. The zero-order valence-electron chi connectivity index (χ0n) is 13.8. The fourth-order valence-corrected chi connectivity index (χ4v) is 2.59. The number of benzene rings is 2.